The van der Waals surface area contributed by atoms with E-state index in [1.807, 2.05) is 24.3 Å². The highest BCUT2D eigenvalue weighted by atomic mass is 32.2. The number of hydrogen-bond donors (Lipinski definition) is 1. The van der Waals surface area contributed by atoms with E-state index in [4.69, 9.17) is 9.47 Å². The number of nitrogens with zero attached hydrogens (tertiary/aromatic N) is 2. The van der Waals surface area contributed by atoms with Gasteiger partial charge in [0.1, 0.15) is 0 Å². The summed E-state index contributed by atoms with van der Waals surface area (Å²) in [5.74, 6) is 1.15. The second kappa shape index (κ2) is 6.83. The van der Waals surface area contributed by atoms with Crippen molar-refractivity contribution in [1.29, 1.82) is 0 Å². The van der Waals surface area contributed by atoms with E-state index in [1.54, 1.807) is 18.2 Å². The number of amides is 1. The number of ether oxygens (including phenoxy) is 2. The molecule has 4 rings (SSSR count). The number of hydrogen-bond acceptors (Lipinski definition) is 6. The van der Waals surface area contributed by atoms with Crippen LogP contribution < -0.4 is 14.2 Å². The van der Waals surface area contributed by atoms with Crippen LogP contribution in [0.1, 0.15) is 30.5 Å². The molecule has 2 heterocycles. The van der Waals surface area contributed by atoms with Crippen molar-refractivity contribution in [2.45, 2.75) is 19.4 Å². The van der Waals surface area contributed by atoms with Crippen molar-refractivity contribution in [3.05, 3.63) is 53.6 Å². The van der Waals surface area contributed by atoms with Gasteiger partial charge in [-0.3, -0.25) is 9.52 Å². The maximum atomic E-state index is 12.2. The van der Waals surface area contributed by atoms with Crippen LogP contribution in [0.4, 0.5) is 5.69 Å². The van der Waals surface area contributed by atoms with Gasteiger partial charge in [0, 0.05) is 19.0 Å². The van der Waals surface area contributed by atoms with E-state index in [0.717, 1.165) is 17.4 Å². The number of hydrazone groups is 1. The maximum Gasteiger partial charge on any atom is 0.240 e. The number of sulfonamides is 1. The second-order valence-corrected chi connectivity index (χ2v) is 8.45. The average molecular weight is 401 g/mol. The van der Waals surface area contributed by atoms with Crippen LogP contribution in [0.25, 0.3) is 0 Å². The highest BCUT2D eigenvalue weighted by Crippen LogP contribution is 2.39. The van der Waals surface area contributed by atoms with Gasteiger partial charge in [-0.1, -0.05) is 18.2 Å². The quantitative estimate of drug-likeness (QED) is 0.849. The molecular weight excluding hydrogens is 382 g/mol. The van der Waals surface area contributed by atoms with E-state index in [2.05, 4.69) is 9.82 Å². The summed E-state index contributed by atoms with van der Waals surface area (Å²) in [6.45, 7) is 1.65. The summed E-state index contributed by atoms with van der Waals surface area (Å²) < 4.78 is 36.2. The summed E-state index contributed by atoms with van der Waals surface area (Å²) in [5, 5.41) is 5.95. The minimum atomic E-state index is -3.38. The van der Waals surface area contributed by atoms with Gasteiger partial charge in [-0.25, -0.2) is 13.4 Å². The topological polar surface area (TPSA) is 97.3 Å². The Balaban J connectivity index is 1.64. The van der Waals surface area contributed by atoms with Gasteiger partial charge in [0.05, 0.1) is 18.0 Å². The Hall–Kier alpha value is -3.07. The molecule has 2 aromatic rings. The molecule has 0 saturated heterocycles. The largest absolute Gasteiger partial charge is 0.454 e. The van der Waals surface area contributed by atoms with Crippen molar-refractivity contribution >= 4 is 27.3 Å². The molecule has 2 aliphatic heterocycles. The Bertz CT molecular complexity index is 1080. The van der Waals surface area contributed by atoms with E-state index in [0.29, 0.717) is 29.3 Å². The second-order valence-electron chi connectivity index (χ2n) is 6.70. The Labute approximate surface area is 162 Å². The fourth-order valence-corrected chi connectivity index (χ4v) is 3.89. The van der Waals surface area contributed by atoms with Crippen LogP contribution in [-0.2, 0) is 14.8 Å². The highest BCUT2D eigenvalue weighted by Gasteiger charge is 2.32. The predicted molar refractivity (Wildman–Crippen MR) is 104 cm³/mol. The number of fused-ring (bicyclic) bond motifs is 1. The lowest BCUT2D eigenvalue weighted by Crippen LogP contribution is -2.24. The van der Waals surface area contributed by atoms with Gasteiger partial charge in [0.25, 0.3) is 0 Å². The summed E-state index contributed by atoms with van der Waals surface area (Å²) in [6, 6.07) is 12.3. The van der Waals surface area contributed by atoms with E-state index in [-0.39, 0.29) is 18.7 Å². The van der Waals surface area contributed by atoms with Crippen molar-refractivity contribution in [1.82, 2.24) is 5.01 Å². The monoisotopic (exact) mass is 401 g/mol. The minimum Gasteiger partial charge on any atom is -0.454 e. The van der Waals surface area contributed by atoms with Crippen molar-refractivity contribution in [2.75, 3.05) is 17.8 Å². The summed E-state index contributed by atoms with van der Waals surface area (Å²) >= 11 is 0. The molecule has 1 atom stereocenters. The third-order valence-corrected chi connectivity index (χ3v) is 5.12. The van der Waals surface area contributed by atoms with E-state index < -0.39 is 10.0 Å². The van der Waals surface area contributed by atoms with Crippen LogP contribution in [-0.4, -0.2) is 38.1 Å². The molecule has 0 fully saturated rings. The van der Waals surface area contributed by atoms with Gasteiger partial charge in [-0.05, 0) is 35.4 Å². The van der Waals surface area contributed by atoms with Gasteiger partial charge in [0.15, 0.2) is 11.5 Å². The Morgan fingerprint density at radius 1 is 1.18 bits per heavy atom. The molecule has 8 nitrogen and oxygen atoms in total. The number of carbonyl (C=O) groups is 1. The minimum absolute atomic E-state index is 0.178. The van der Waals surface area contributed by atoms with Crippen LogP contribution in [0.3, 0.4) is 0 Å². The zero-order valence-electron chi connectivity index (χ0n) is 15.4. The molecule has 0 bridgehead atoms. The fourth-order valence-electron chi connectivity index (χ4n) is 3.33. The normalized spacial score (nSPS) is 18.1. The van der Waals surface area contributed by atoms with Crippen LogP contribution in [0.2, 0.25) is 0 Å². The van der Waals surface area contributed by atoms with Crippen LogP contribution >= 0.6 is 0 Å². The highest BCUT2D eigenvalue weighted by molar-refractivity contribution is 7.92. The third-order valence-electron chi connectivity index (χ3n) is 4.51. The molecule has 146 valence electrons. The molecule has 0 aromatic heterocycles. The fraction of sp³-hybridized carbons (Fsp3) is 0.263. The first-order valence-corrected chi connectivity index (χ1v) is 10.5. The van der Waals surface area contributed by atoms with E-state index in [1.165, 1.54) is 11.9 Å². The summed E-state index contributed by atoms with van der Waals surface area (Å²) in [7, 11) is -3.38. The van der Waals surface area contributed by atoms with Gasteiger partial charge in [-0.15, -0.1) is 0 Å². The zero-order valence-corrected chi connectivity index (χ0v) is 16.2. The first-order chi connectivity index (χ1) is 13.3. The SMILES string of the molecule is CC(=O)N1N=C(c2cccc(NS(C)(=O)=O)c2)C[C@@H]1c1ccc2c(c1)OCO2. The summed E-state index contributed by atoms with van der Waals surface area (Å²) in [4.78, 5) is 12.2. The lowest BCUT2D eigenvalue weighted by atomic mass is 9.98. The van der Waals surface area contributed by atoms with Crippen LogP contribution in [0.5, 0.6) is 11.5 Å². The molecule has 0 unspecified atom stereocenters. The molecule has 1 amide bonds. The lowest BCUT2D eigenvalue weighted by molar-refractivity contribution is -0.130. The molecule has 2 aliphatic rings. The molecular formula is C19H19N3O5S. The standard InChI is InChI=1S/C19H19N3O5S/c1-12(23)22-17(14-6-7-18-19(9-14)27-11-26-18)10-16(20-22)13-4-3-5-15(8-13)21-28(2,24)25/h3-9,17,21H,10-11H2,1-2H3/t17-/m1/s1. The van der Waals surface area contributed by atoms with Crippen molar-refractivity contribution < 1.29 is 22.7 Å². The Kier molecular flexibility index (Phi) is 4.46. The average Bonchev–Trinajstić information content (AvgIpc) is 3.27. The molecule has 1 N–H and O–H groups in total. The van der Waals surface area contributed by atoms with Crippen molar-refractivity contribution in [3.8, 4) is 11.5 Å². The first kappa shape index (κ1) is 18.3. The molecule has 0 aliphatic carbocycles. The Morgan fingerprint density at radius 2 is 1.96 bits per heavy atom. The molecule has 0 radical (unpaired) electrons. The zero-order chi connectivity index (χ0) is 19.9. The van der Waals surface area contributed by atoms with Crippen molar-refractivity contribution in [2.24, 2.45) is 5.10 Å². The van der Waals surface area contributed by atoms with Gasteiger partial charge < -0.3 is 9.47 Å². The number of benzene rings is 2. The number of nitrogens with one attached hydrogen (secondary N) is 1. The predicted octanol–water partition coefficient (Wildman–Crippen LogP) is 2.48. The maximum absolute atomic E-state index is 12.2. The smallest absolute Gasteiger partial charge is 0.240 e. The number of anilines is 1. The molecule has 9 heteroatoms. The molecule has 28 heavy (non-hydrogen) atoms. The molecule has 0 saturated carbocycles. The Morgan fingerprint density at radius 3 is 2.71 bits per heavy atom. The van der Waals surface area contributed by atoms with Gasteiger partial charge in [0.2, 0.25) is 22.7 Å². The van der Waals surface area contributed by atoms with E-state index in [9.17, 15) is 13.2 Å². The molecule has 0 spiro atoms. The van der Waals surface area contributed by atoms with Gasteiger partial charge in [-0.2, -0.15) is 5.10 Å². The van der Waals surface area contributed by atoms with Crippen LogP contribution in [0, 0.1) is 0 Å². The number of carbonyl (C=O) groups excluding carboxylic acids is 1. The number of rotatable bonds is 4. The lowest BCUT2D eigenvalue weighted by Gasteiger charge is -2.20. The van der Waals surface area contributed by atoms with Crippen molar-refractivity contribution in [3.63, 3.8) is 0 Å². The van der Waals surface area contributed by atoms with E-state index >= 15 is 0 Å². The third kappa shape index (κ3) is 3.65. The van der Waals surface area contributed by atoms with Crippen LogP contribution in [0.15, 0.2) is 47.6 Å². The summed E-state index contributed by atoms with van der Waals surface area (Å²) in [6.07, 6.45) is 1.60. The summed E-state index contributed by atoms with van der Waals surface area (Å²) in [5.41, 5.74) is 2.80. The molecule has 2 aromatic carbocycles. The first-order valence-electron chi connectivity index (χ1n) is 8.65. The van der Waals surface area contributed by atoms with Gasteiger partial charge >= 0.3 is 0 Å².